The lowest BCUT2D eigenvalue weighted by atomic mass is 9.97. The van der Waals surface area contributed by atoms with E-state index in [0.717, 1.165) is 17.7 Å². The second kappa shape index (κ2) is 7.70. The Labute approximate surface area is 138 Å². The molecule has 22 heavy (non-hydrogen) atoms. The van der Waals surface area contributed by atoms with Gasteiger partial charge in [0.1, 0.15) is 0 Å². The molecule has 124 valence electrons. The van der Waals surface area contributed by atoms with Gasteiger partial charge in [-0.3, -0.25) is 4.79 Å². The molecule has 0 saturated heterocycles. The maximum absolute atomic E-state index is 12.4. The molecule has 0 radical (unpaired) electrons. The monoisotopic (exact) mass is 328 g/mol. The van der Waals surface area contributed by atoms with Crippen molar-refractivity contribution < 1.29 is 14.3 Å². The second-order valence-corrected chi connectivity index (χ2v) is 5.76. The molecule has 0 aliphatic carbocycles. The fraction of sp³-hybridized carbons (Fsp3) is 0.562. The van der Waals surface area contributed by atoms with E-state index in [1.165, 1.54) is 5.56 Å². The minimum absolute atomic E-state index is 0. The largest absolute Gasteiger partial charge is 0.493 e. The zero-order chi connectivity index (χ0) is 15.6. The summed E-state index contributed by atoms with van der Waals surface area (Å²) in [5.41, 5.74) is 8.28. The predicted molar refractivity (Wildman–Crippen MR) is 88.7 cm³/mol. The van der Waals surface area contributed by atoms with E-state index in [9.17, 15) is 4.79 Å². The van der Waals surface area contributed by atoms with Crippen LogP contribution in [0.2, 0.25) is 0 Å². The molecule has 6 heteroatoms. The van der Waals surface area contributed by atoms with E-state index in [2.05, 4.69) is 0 Å². The van der Waals surface area contributed by atoms with Gasteiger partial charge in [-0.2, -0.15) is 0 Å². The van der Waals surface area contributed by atoms with Crippen LogP contribution in [0.3, 0.4) is 0 Å². The Kier molecular flexibility index (Phi) is 6.50. The molecular weight excluding hydrogens is 304 g/mol. The van der Waals surface area contributed by atoms with E-state index in [4.69, 9.17) is 15.2 Å². The number of benzene rings is 1. The van der Waals surface area contributed by atoms with Crippen LogP contribution in [-0.4, -0.2) is 37.6 Å². The van der Waals surface area contributed by atoms with Gasteiger partial charge in [-0.25, -0.2) is 0 Å². The van der Waals surface area contributed by atoms with Crippen molar-refractivity contribution in [1.82, 2.24) is 4.90 Å². The molecule has 1 heterocycles. The number of carbonyl (C=O) groups is 1. The molecule has 2 rings (SSSR count). The normalized spacial score (nSPS) is 14.9. The number of hydrogen-bond acceptors (Lipinski definition) is 4. The predicted octanol–water partition coefficient (Wildman–Crippen LogP) is 1.99. The Balaban J connectivity index is 0.00000242. The Morgan fingerprint density at radius 2 is 1.73 bits per heavy atom. The highest BCUT2D eigenvalue weighted by molar-refractivity contribution is 5.85. The summed E-state index contributed by atoms with van der Waals surface area (Å²) < 4.78 is 10.7. The number of nitrogens with zero attached hydrogens (tertiary/aromatic N) is 1. The average Bonchev–Trinajstić information content (AvgIpc) is 2.51. The third-order valence-electron chi connectivity index (χ3n) is 4.03. The van der Waals surface area contributed by atoms with Crippen LogP contribution in [0.25, 0.3) is 0 Å². The van der Waals surface area contributed by atoms with Crippen LogP contribution in [0.4, 0.5) is 0 Å². The van der Waals surface area contributed by atoms with Crippen molar-refractivity contribution in [2.45, 2.75) is 32.9 Å². The number of halogens is 1. The maximum Gasteiger partial charge on any atom is 0.240 e. The van der Waals surface area contributed by atoms with E-state index in [0.29, 0.717) is 18.8 Å². The lowest BCUT2D eigenvalue weighted by Crippen LogP contribution is -2.48. The first-order valence-electron chi connectivity index (χ1n) is 7.26. The molecule has 2 N–H and O–H groups in total. The molecule has 0 spiro atoms. The van der Waals surface area contributed by atoms with Gasteiger partial charge in [-0.05, 0) is 35.6 Å². The Hall–Kier alpha value is -1.46. The van der Waals surface area contributed by atoms with E-state index in [-0.39, 0.29) is 24.2 Å². The minimum Gasteiger partial charge on any atom is -0.493 e. The maximum atomic E-state index is 12.4. The van der Waals surface area contributed by atoms with Crippen molar-refractivity contribution in [3.63, 3.8) is 0 Å². The summed E-state index contributed by atoms with van der Waals surface area (Å²) in [6.07, 6.45) is 0.812. The topological polar surface area (TPSA) is 64.8 Å². The average molecular weight is 329 g/mol. The molecule has 0 fully saturated rings. The van der Waals surface area contributed by atoms with Crippen molar-refractivity contribution in [3.05, 3.63) is 23.3 Å². The van der Waals surface area contributed by atoms with Crippen molar-refractivity contribution in [2.75, 3.05) is 20.8 Å². The second-order valence-electron chi connectivity index (χ2n) is 5.76. The van der Waals surface area contributed by atoms with Gasteiger partial charge in [0.05, 0.1) is 20.3 Å². The van der Waals surface area contributed by atoms with Crippen LogP contribution >= 0.6 is 12.4 Å². The minimum atomic E-state index is -0.438. The van der Waals surface area contributed by atoms with Gasteiger partial charge in [0.15, 0.2) is 11.5 Å². The van der Waals surface area contributed by atoms with Crippen molar-refractivity contribution in [1.29, 1.82) is 0 Å². The number of rotatable bonds is 4. The quantitative estimate of drug-likeness (QED) is 0.918. The molecule has 0 aromatic heterocycles. The highest BCUT2D eigenvalue weighted by Crippen LogP contribution is 2.33. The number of carbonyl (C=O) groups excluding carboxylic acids is 1. The van der Waals surface area contributed by atoms with Gasteiger partial charge >= 0.3 is 0 Å². The van der Waals surface area contributed by atoms with Crippen LogP contribution in [0.15, 0.2) is 12.1 Å². The van der Waals surface area contributed by atoms with Gasteiger partial charge in [0.25, 0.3) is 0 Å². The smallest absolute Gasteiger partial charge is 0.240 e. The third kappa shape index (κ3) is 3.65. The summed E-state index contributed by atoms with van der Waals surface area (Å²) in [4.78, 5) is 14.2. The number of methoxy groups -OCH3 is 2. The van der Waals surface area contributed by atoms with Crippen LogP contribution < -0.4 is 15.2 Å². The summed E-state index contributed by atoms with van der Waals surface area (Å²) >= 11 is 0. The zero-order valence-electron chi connectivity index (χ0n) is 13.6. The Morgan fingerprint density at radius 1 is 1.18 bits per heavy atom. The fourth-order valence-corrected chi connectivity index (χ4v) is 2.57. The molecule has 1 aromatic carbocycles. The van der Waals surface area contributed by atoms with Crippen molar-refractivity contribution in [3.8, 4) is 11.5 Å². The summed E-state index contributed by atoms with van der Waals surface area (Å²) in [7, 11) is 3.25. The molecule has 5 nitrogen and oxygen atoms in total. The van der Waals surface area contributed by atoms with Crippen molar-refractivity contribution >= 4 is 18.3 Å². The van der Waals surface area contributed by atoms with E-state index in [1.54, 1.807) is 14.2 Å². The standard InChI is InChI=1S/C16H24N2O3.ClH/c1-10(2)15(17)16(19)18-6-5-11-7-13(20-3)14(21-4)8-12(11)9-18;/h7-8,10,15H,5-6,9,17H2,1-4H3;1H. The van der Waals surface area contributed by atoms with E-state index < -0.39 is 6.04 Å². The Bertz CT molecular complexity index is 534. The first kappa shape index (κ1) is 18.6. The van der Waals surface area contributed by atoms with Gasteiger partial charge in [0, 0.05) is 13.1 Å². The molecule has 1 unspecified atom stereocenters. The number of amides is 1. The third-order valence-corrected chi connectivity index (χ3v) is 4.03. The van der Waals surface area contributed by atoms with Gasteiger partial charge in [-0.15, -0.1) is 12.4 Å². The molecular formula is C16H25ClN2O3. The van der Waals surface area contributed by atoms with Crippen LogP contribution in [0.5, 0.6) is 11.5 Å². The first-order chi connectivity index (χ1) is 9.97. The lowest BCUT2D eigenvalue weighted by molar-refractivity contribution is -0.134. The fourth-order valence-electron chi connectivity index (χ4n) is 2.57. The Morgan fingerprint density at radius 3 is 2.23 bits per heavy atom. The van der Waals surface area contributed by atoms with E-state index in [1.807, 2.05) is 30.9 Å². The van der Waals surface area contributed by atoms with Gasteiger partial charge < -0.3 is 20.1 Å². The van der Waals surface area contributed by atoms with Crippen LogP contribution in [-0.2, 0) is 17.8 Å². The molecule has 1 aliphatic heterocycles. The van der Waals surface area contributed by atoms with Crippen LogP contribution in [0, 0.1) is 5.92 Å². The molecule has 0 saturated carbocycles. The molecule has 1 aromatic rings. The summed E-state index contributed by atoms with van der Waals surface area (Å²) in [5.74, 6) is 1.59. The number of fused-ring (bicyclic) bond motifs is 1. The molecule has 1 atom stereocenters. The number of ether oxygens (including phenoxy) is 2. The summed E-state index contributed by atoms with van der Waals surface area (Å²) in [6, 6.07) is 3.51. The van der Waals surface area contributed by atoms with Crippen molar-refractivity contribution in [2.24, 2.45) is 11.7 Å². The SMILES string of the molecule is COc1cc2c(cc1OC)CN(C(=O)C(N)C(C)C)CC2.Cl. The van der Waals surface area contributed by atoms with Gasteiger partial charge in [-0.1, -0.05) is 13.8 Å². The number of nitrogens with two attached hydrogens (primary N) is 1. The molecule has 1 amide bonds. The van der Waals surface area contributed by atoms with Gasteiger partial charge in [0.2, 0.25) is 5.91 Å². The highest BCUT2D eigenvalue weighted by Gasteiger charge is 2.27. The number of hydrogen-bond donors (Lipinski definition) is 1. The van der Waals surface area contributed by atoms with E-state index >= 15 is 0 Å². The molecule has 1 aliphatic rings. The molecule has 0 bridgehead atoms. The first-order valence-corrected chi connectivity index (χ1v) is 7.26. The highest BCUT2D eigenvalue weighted by atomic mass is 35.5. The lowest BCUT2D eigenvalue weighted by Gasteiger charge is -2.32. The summed E-state index contributed by atoms with van der Waals surface area (Å²) in [5, 5.41) is 0. The van der Waals surface area contributed by atoms with Crippen LogP contribution in [0.1, 0.15) is 25.0 Å². The zero-order valence-corrected chi connectivity index (χ0v) is 14.4. The summed E-state index contributed by atoms with van der Waals surface area (Å²) in [6.45, 7) is 5.21.